The number of ether oxygens (including phenoxy) is 1. The summed E-state index contributed by atoms with van der Waals surface area (Å²) in [6.07, 6.45) is 0. The van der Waals surface area contributed by atoms with Crippen LogP contribution in [0.5, 0.6) is 0 Å². The van der Waals surface area contributed by atoms with Crippen molar-refractivity contribution in [1.29, 1.82) is 0 Å². The molecule has 0 aliphatic carbocycles. The van der Waals surface area contributed by atoms with E-state index in [0.29, 0.717) is 5.92 Å². The second-order valence-corrected chi connectivity index (χ2v) is 4.33. The lowest BCUT2D eigenvalue weighted by Gasteiger charge is -2.38. The standard InChI is InChI=1S/C10H22N2O/c1-9(2)8-13-4-3-12-6-10(5-11)7-12/h9-10H,3-8,11H2,1-2H3. The van der Waals surface area contributed by atoms with E-state index in [4.69, 9.17) is 10.5 Å². The van der Waals surface area contributed by atoms with Gasteiger partial charge in [-0.2, -0.15) is 0 Å². The maximum atomic E-state index is 5.53. The lowest BCUT2D eigenvalue weighted by Crippen LogP contribution is -2.50. The molecule has 0 aromatic carbocycles. The van der Waals surface area contributed by atoms with Crippen molar-refractivity contribution in [2.24, 2.45) is 17.6 Å². The molecule has 0 spiro atoms. The van der Waals surface area contributed by atoms with Crippen molar-refractivity contribution in [3.8, 4) is 0 Å². The minimum Gasteiger partial charge on any atom is -0.380 e. The molecule has 1 heterocycles. The predicted molar refractivity (Wildman–Crippen MR) is 54.6 cm³/mol. The van der Waals surface area contributed by atoms with E-state index < -0.39 is 0 Å². The largest absolute Gasteiger partial charge is 0.380 e. The van der Waals surface area contributed by atoms with Crippen LogP contribution in [0, 0.1) is 11.8 Å². The molecule has 1 aliphatic rings. The fourth-order valence-electron chi connectivity index (χ4n) is 1.52. The van der Waals surface area contributed by atoms with Crippen LogP contribution in [0.4, 0.5) is 0 Å². The molecule has 0 unspecified atom stereocenters. The molecule has 3 nitrogen and oxygen atoms in total. The van der Waals surface area contributed by atoms with Gasteiger partial charge < -0.3 is 15.4 Å². The molecule has 0 bridgehead atoms. The van der Waals surface area contributed by atoms with Gasteiger partial charge in [-0.25, -0.2) is 0 Å². The number of rotatable bonds is 6. The average molecular weight is 186 g/mol. The van der Waals surface area contributed by atoms with Gasteiger partial charge in [-0.15, -0.1) is 0 Å². The Kier molecular flexibility index (Phi) is 4.70. The third kappa shape index (κ3) is 4.07. The number of nitrogens with zero attached hydrogens (tertiary/aromatic N) is 1. The van der Waals surface area contributed by atoms with Crippen LogP contribution in [0.25, 0.3) is 0 Å². The van der Waals surface area contributed by atoms with E-state index in [-0.39, 0.29) is 0 Å². The van der Waals surface area contributed by atoms with Gasteiger partial charge in [0.25, 0.3) is 0 Å². The first kappa shape index (κ1) is 11.0. The summed E-state index contributed by atoms with van der Waals surface area (Å²) >= 11 is 0. The van der Waals surface area contributed by atoms with Crippen molar-refractivity contribution in [2.45, 2.75) is 13.8 Å². The monoisotopic (exact) mass is 186 g/mol. The van der Waals surface area contributed by atoms with Gasteiger partial charge in [-0.3, -0.25) is 0 Å². The second-order valence-electron chi connectivity index (χ2n) is 4.33. The predicted octanol–water partition coefficient (Wildman–Crippen LogP) is 0.550. The highest BCUT2D eigenvalue weighted by atomic mass is 16.5. The van der Waals surface area contributed by atoms with Gasteiger partial charge in [-0.1, -0.05) is 13.8 Å². The Hall–Kier alpha value is -0.120. The first-order chi connectivity index (χ1) is 6.22. The molecule has 3 heteroatoms. The molecule has 0 aromatic heterocycles. The van der Waals surface area contributed by atoms with Gasteiger partial charge in [-0.05, 0) is 18.4 Å². The van der Waals surface area contributed by atoms with Crippen LogP contribution in [0.1, 0.15) is 13.8 Å². The zero-order chi connectivity index (χ0) is 9.68. The summed E-state index contributed by atoms with van der Waals surface area (Å²) in [6, 6.07) is 0. The van der Waals surface area contributed by atoms with E-state index >= 15 is 0 Å². The Morgan fingerprint density at radius 3 is 2.69 bits per heavy atom. The topological polar surface area (TPSA) is 38.5 Å². The molecule has 1 rings (SSSR count). The van der Waals surface area contributed by atoms with Crippen LogP contribution in [-0.4, -0.2) is 44.3 Å². The summed E-state index contributed by atoms with van der Waals surface area (Å²) in [7, 11) is 0. The molecule has 0 atom stereocenters. The normalized spacial score (nSPS) is 19.4. The SMILES string of the molecule is CC(C)COCCN1CC(CN)C1. The fraction of sp³-hybridized carbons (Fsp3) is 1.00. The van der Waals surface area contributed by atoms with Gasteiger partial charge in [0.2, 0.25) is 0 Å². The molecular weight excluding hydrogens is 164 g/mol. The van der Waals surface area contributed by atoms with Crippen molar-refractivity contribution >= 4 is 0 Å². The summed E-state index contributed by atoms with van der Waals surface area (Å²) in [5.74, 6) is 1.39. The summed E-state index contributed by atoms with van der Waals surface area (Å²) in [5.41, 5.74) is 5.53. The zero-order valence-corrected chi connectivity index (χ0v) is 8.83. The van der Waals surface area contributed by atoms with Crippen molar-refractivity contribution in [3.63, 3.8) is 0 Å². The van der Waals surface area contributed by atoms with E-state index in [0.717, 1.165) is 32.2 Å². The summed E-state index contributed by atoms with van der Waals surface area (Å²) in [4.78, 5) is 2.40. The smallest absolute Gasteiger partial charge is 0.0593 e. The molecule has 13 heavy (non-hydrogen) atoms. The van der Waals surface area contributed by atoms with Gasteiger partial charge in [0, 0.05) is 26.2 Å². The Morgan fingerprint density at radius 1 is 1.46 bits per heavy atom. The zero-order valence-electron chi connectivity index (χ0n) is 8.83. The highest BCUT2D eigenvalue weighted by Gasteiger charge is 2.24. The van der Waals surface area contributed by atoms with Crippen LogP contribution in [0.15, 0.2) is 0 Å². The maximum Gasteiger partial charge on any atom is 0.0593 e. The maximum absolute atomic E-state index is 5.53. The van der Waals surface area contributed by atoms with Gasteiger partial charge in [0.1, 0.15) is 0 Å². The van der Waals surface area contributed by atoms with Crippen molar-refractivity contribution < 1.29 is 4.74 Å². The Balaban J connectivity index is 1.85. The van der Waals surface area contributed by atoms with E-state index in [9.17, 15) is 0 Å². The minimum atomic E-state index is 0.646. The minimum absolute atomic E-state index is 0.646. The Morgan fingerprint density at radius 2 is 2.15 bits per heavy atom. The van der Waals surface area contributed by atoms with Crippen LogP contribution in [0.2, 0.25) is 0 Å². The van der Waals surface area contributed by atoms with Crippen LogP contribution >= 0.6 is 0 Å². The van der Waals surface area contributed by atoms with Gasteiger partial charge in [0.15, 0.2) is 0 Å². The van der Waals surface area contributed by atoms with Crippen LogP contribution in [0.3, 0.4) is 0 Å². The number of nitrogens with two attached hydrogens (primary N) is 1. The van der Waals surface area contributed by atoms with Gasteiger partial charge >= 0.3 is 0 Å². The van der Waals surface area contributed by atoms with E-state index in [1.165, 1.54) is 13.1 Å². The Labute approximate surface area is 81.2 Å². The number of hydrogen-bond acceptors (Lipinski definition) is 3. The second kappa shape index (κ2) is 5.58. The molecule has 0 amide bonds. The lowest BCUT2D eigenvalue weighted by atomic mass is 10.0. The number of likely N-dealkylation sites (tertiary alicyclic amines) is 1. The first-order valence-electron chi connectivity index (χ1n) is 5.22. The van der Waals surface area contributed by atoms with Crippen molar-refractivity contribution in [2.75, 3.05) is 39.4 Å². The molecule has 2 N–H and O–H groups in total. The van der Waals surface area contributed by atoms with E-state index in [2.05, 4.69) is 18.7 Å². The third-order valence-electron chi connectivity index (χ3n) is 2.37. The molecule has 0 saturated carbocycles. The molecule has 1 fully saturated rings. The molecular formula is C10H22N2O. The van der Waals surface area contributed by atoms with Crippen LogP contribution in [-0.2, 0) is 4.74 Å². The van der Waals surface area contributed by atoms with E-state index in [1.54, 1.807) is 0 Å². The van der Waals surface area contributed by atoms with E-state index in [1.807, 2.05) is 0 Å². The highest BCUT2D eigenvalue weighted by Crippen LogP contribution is 2.12. The number of hydrogen-bond donors (Lipinski definition) is 1. The van der Waals surface area contributed by atoms with Gasteiger partial charge in [0.05, 0.1) is 6.61 Å². The molecule has 1 aliphatic heterocycles. The van der Waals surface area contributed by atoms with Crippen LogP contribution < -0.4 is 5.73 Å². The molecule has 0 radical (unpaired) electrons. The molecule has 0 aromatic rings. The lowest BCUT2D eigenvalue weighted by molar-refractivity contribution is 0.0428. The molecule has 78 valence electrons. The highest BCUT2D eigenvalue weighted by molar-refractivity contribution is 4.79. The average Bonchev–Trinajstić information content (AvgIpc) is 2.00. The quantitative estimate of drug-likeness (QED) is 0.616. The first-order valence-corrected chi connectivity index (χ1v) is 5.22. The fourth-order valence-corrected chi connectivity index (χ4v) is 1.52. The summed E-state index contributed by atoms with van der Waals surface area (Å²) in [6.45, 7) is 10.3. The Bertz CT molecular complexity index is 133. The van der Waals surface area contributed by atoms with Crippen molar-refractivity contribution in [1.82, 2.24) is 4.90 Å². The third-order valence-corrected chi connectivity index (χ3v) is 2.37. The summed E-state index contributed by atoms with van der Waals surface area (Å²) in [5, 5.41) is 0. The molecule has 1 saturated heterocycles. The summed E-state index contributed by atoms with van der Waals surface area (Å²) < 4.78 is 5.50. The van der Waals surface area contributed by atoms with Crippen molar-refractivity contribution in [3.05, 3.63) is 0 Å².